The van der Waals surface area contributed by atoms with Gasteiger partial charge in [-0.1, -0.05) is 121 Å². The quantitative estimate of drug-likeness (QED) is 0.211. The molecule has 2 heterocycles. The number of rotatable bonds is 2. The molecule has 1 aliphatic carbocycles. The molecule has 0 spiro atoms. The fourth-order valence-corrected chi connectivity index (χ4v) is 6.79. The van der Waals surface area contributed by atoms with E-state index in [0.717, 1.165) is 55.3 Å². The Balaban J connectivity index is 1.26. The predicted octanol–water partition coefficient (Wildman–Crippen LogP) is 9.39. The van der Waals surface area contributed by atoms with Crippen LogP contribution in [0.3, 0.4) is 0 Å². The van der Waals surface area contributed by atoms with E-state index < -0.39 is 0 Å². The Morgan fingerprint density at radius 3 is 1.93 bits per heavy atom. The lowest BCUT2D eigenvalue weighted by Gasteiger charge is -2.15. The van der Waals surface area contributed by atoms with Gasteiger partial charge in [0.1, 0.15) is 11.9 Å². The van der Waals surface area contributed by atoms with Crippen LogP contribution in [0.4, 0.5) is 0 Å². The van der Waals surface area contributed by atoms with Gasteiger partial charge in [-0.25, -0.2) is 4.98 Å². The number of aromatic nitrogens is 2. The third kappa shape index (κ3) is 3.26. The van der Waals surface area contributed by atoms with Gasteiger partial charge in [0.2, 0.25) is 0 Å². The second-order valence-corrected chi connectivity index (χ2v) is 10.9. The van der Waals surface area contributed by atoms with Crippen molar-refractivity contribution in [3.63, 3.8) is 0 Å². The number of hydrogen-bond donors (Lipinski definition) is 0. The molecule has 0 amide bonds. The van der Waals surface area contributed by atoms with Crippen molar-refractivity contribution in [1.82, 2.24) is 9.97 Å². The van der Waals surface area contributed by atoms with Crippen molar-refractivity contribution in [1.29, 1.82) is 0 Å². The van der Waals surface area contributed by atoms with Gasteiger partial charge in [-0.05, 0) is 33.2 Å². The van der Waals surface area contributed by atoms with Gasteiger partial charge in [-0.2, -0.15) is 0 Å². The SMILES string of the molecule is C1=CC2Oc3c(-c4ccc(-c5cnc6c7ccccc7c7ccccc7c6n5)c5ccccc45)cccc3C2C=C1. The number of nitrogens with zero attached hydrogens (tertiary/aromatic N) is 2. The molecule has 3 heteroatoms. The van der Waals surface area contributed by atoms with Gasteiger partial charge in [-0.3, -0.25) is 4.98 Å². The van der Waals surface area contributed by atoms with Gasteiger partial charge in [0.15, 0.2) is 0 Å². The van der Waals surface area contributed by atoms with Gasteiger partial charge < -0.3 is 4.74 Å². The molecule has 2 aliphatic rings. The molecule has 6 aromatic carbocycles. The van der Waals surface area contributed by atoms with E-state index in [4.69, 9.17) is 14.7 Å². The van der Waals surface area contributed by atoms with Crippen LogP contribution in [0.5, 0.6) is 5.75 Å². The standard InChI is InChI=1S/C38H24N2O/c1-2-11-24-23(10-1)27(32-17-9-18-33-29-14-7-8-19-35(29)41-38(32)33)20-21-28(24)34-22-39-36-30-15-5-3-12-25(30)26-13-4-6-16-31(26)37(36)40-34/h1-22,29,35H. The highest BCUT2D eigenvalue weighted by Crippen LogP contribution is 2.48. The Kier molecular flexibility index (Phi) is 4.73. The van der Waals surface area contributed by atoms with Crippen LogP contribution in [0.15, 0.2) is 134 Å². The fraction of sp³-hybridized carbons (Fsp3) is 0.0526. The zero-order chi connectivity index (χ0) is 26.9. The van der Waals surface area contributed by atoms with Crippen molar-refractivity contribution in [3.05, 3.63) is 139 Å². The van der Waals surface area contributed by atoms with E-state index in [-0.39, 0.29) is 12.0 Å². The number of allylic oxidation sites excluding steroid dienone is 2. The minimum absolute atomic E-state index is 0.0560. The van der Waals surface area contributed by atoms with Crippen molar-refractivity contribution < 1.29 is 4.74 Å². The molecule has 2 unspecified atom stereocenters. The minimum Gasteiger partial charge on any atom is -0.484 e. The Morgan fingerprint density at radius 1 is 0.512 bits per heavy atom. The number of benzene rings is 6. The molecule has 9 rings (SSSR count). The summed E-state index contributed by atoms with van der Waals surface area (Å²) in [6, 6.07) is 36.5. The Labute approximate surface area is 237 Å². The molecule has 0 N–H and O–H groups in total. The van der Waals surface area contributed by atoms with Gasteiger partial charge in [0.25, 0.3) is 0 Å². The fourth-order valence-electron chi connectivity index (χ4n) is 6.79. The number of para-hydroxylation sites is 1. The third-order valence-electron chi connectivity index (χ3n) is 8.66. The average Bonchev–Trinajstić information content (AvgIpc) is 3.43. The van der Waals surface area contributed by atoms with E-state index in [1.807, 2.05) is 6.20 Å². The normalized spacial score (nSPS) is 17.3. The van der Waals surface area contributed by atoms with E-state index in [1.165, 1.54) is 21.7 Å². The third-order valence-corrected chi connectivity index (χ3v) is 8.66. The van der Waals surface area contributed by atoms with Crippen LogP contribution in [0.25, 0.3) is 65.7 Å². The maximum atomic E-state index is 6.52. The summed E-state index contributed by atoms with van der Waals surface area (Å²) in [5, 5.41) is 6.98. The van der Waals surface area contributed by atoms with Crippen molar-refractivity contribution in [2.45, 2.75) is 12.0 Å². The number of ether oxygens (including phenoxy) is 1. The molecule has 0 saturated carbocycles. The van der Waals surface area contributed by atoms with Gasteiger partial charge in [-0.15, -0.1) is 0 Å². The van der Waals surface area contributed by atoms with Crippen LogP contribution in [0.2, 0.25) is 0 Å². The molecule has 1 aliphatic heterocycles. The lowest BCUT2D eigenvalue weighted by atomic mass is 9.88. The lowest BCUT2D eigenvalue weighted by Crippen LogP contribution is -2.15. The van der Waals surface area contributed by atoms with Crippen LogP contribution in [0, 0.1) is 0 Å². The highest BCUT2D eigenvalue weighted by molar-refractivity contribution is 6.23. The molecular formula is C38H24N2O. The summed E-state index contributed by atoms with van der Waals surface area (Å²) in [6.07, 6.45) is 10.6. The Hall–Kier alpha value is -5.28. The highest BCUT2D eigenvalue weighted by atomic mass is 16.5. The molecule has 192 valence electrons. The van der Waals surface area contributed by atoms with E-state index in [9.17, 15) is 0 Å². The summed E-state index contributed by atoms with van der Waals surface area (Å²) in [6.45, 7) is 0. The predicted molar refractivity (Wildman–Crippen MR) is 168 cm³/mol. The zero-order valence-corrected chi connectivity index (χ0v) is 22.2. The summed E-state index contributed by atoms with van der Waals surface area (Å²) in [4.78, 5) is 10.3. The summed E-state index contributed by atoms with van der Waals surface area (Å²) in [5.41, 5.74) is 7.36. The average molecular weight is 525 g/mol. The van der Waals surface area contributed by atoms with Gasteiger partial charge >= 0.3 is 0 Å². The Morgan fingerprint density at radius 2 is 1.15 bits per heavy atom. The minimum atomic E-state index is 0.0560. The molecule has 0 saturated heterocycles. The van der Waals surface area contributed by atoms with Crippen molar-refractivity contribution in [2.24, 2.45) is 0 Å². The smallest absolute Gasteiger partial charge is 0.132 e. The van der Waals surface area contributed by atoms with Crippen LogP contribution in [-0.4, -0.2) is 16.1 Å². The second-order valence-electron chi connectivity index (χ2n) is 10.9. The van der Waals surface area contributed by atoms with Crippen LogP contribution < -0.4 is 4.74 Å². The largest absolute Gasteiger partial charge is 0.484 e. The molecule has 1 aromatic heterocycles. The molecular weight excluding hydrogens is 500 g/mol. The maximum Gasteiger partial charge on any atom is 0.132 e. The van der Waals surface area contributed by atoms with Crippen molar-refractivity contribution >= 4 is 43.4 Å². The molecule has 2 atom stereocenters. The Bertz CT molecular complexity index is 2230. The molecule has 0 fully saturated rings. The van der Waals surface area contributed by atoms with E-state index in [0.29, 0.717) is 0 Å². The summed E-state index contributed by atoms with van der Waals surface area (Å²) >= 11 is 0. The summed E-state index contributed by atoms with van der Waals surface area (Å²) < 4.78 is 6.52. The van der Waals surface area contributed by atoms with Crippen LogP contribution in [0.1, 0.15) is 11.5 Å². The summed E-state index contributed by atoms with van der Waals surface area (Å²) in [7, 11) is 0. The van der Waals surface area contributed by atoms with Crippen LogP contribution in [-0.2, 0) is 0 Å². The zero-order valence-electron chi connectivity index (χ0n) is 22.2. The topological polar surface area (TPSA) is 35.0 Å². The first-order valence-electron chi connectivity index (χ1n) is 14.1. The van der Waals surface area contributed by atoms with Crippen molar-refractivity contribution in [2.75, 3.05) is 0 Å². The van der Waals surface area contributed by atoms with E-state index in [2.05, 4.69) is 127 Å². The molecule has 0 bridgehead atoms. The molecule has 3 nitrogen and oxygen atoms in total. The van der Waals surface area contributed by atoms with E-state index >= 15 is 0 Å². The van der Waals surface area contributed by atoms with Crippen LogP contribution >= 0.6 is 0 Å². The van der Waals surface area contributed by atoms with Gasteiger partial charge in [0.05, 0.1) is 22.9 Å². The first-order valence-corrected chi connectivity index (χ1v) is 14.1. The van der Waals surface area contributed by atoms with Gasteiger partial charge in [0, 0.05) is 33.4 Å². The number of fused-ring (bicyclic) bond motifs is 10. The molecule has 0 radical (unpaired) electrons. The first kappa shape index (κ1) is 22.5. The second kappa shape index (κ2) is 8.61. The lowest BCUT2D eigenvalue weighted by molar-refractivity contribution is 0.270. The molecule has 41 heavy (non-hydrogen) atoms. The van der Waals surface area contributed by atoms with E-state index in [1.54, 1.807) is 0 Å². The molecule has 7 aromatic rings. The monoisotopic (exact) mass is 524 g/mol. The summed E-state index contributed by atoms with van der Waals surface area (Å²) in [5.74, 6) is 1.25. The first-order chi connectivity index (χ1) is 20.3. The maximum absolute atomic E-state index is 6.52. The number of hydrogen-bond acceptors (Lipinski definition) is 3. The highest BCUT2D eigenvalue weighted by Gasteiger charge is 2.34. The van der Waals surface area contributed by atoms with Crippen molar-refractivity contribution in [3.8, 4) is 28.1 Å².